The topological polar surface area (TPSA) is 45.6 Å². The molecule has 1 aromatic rings. The number of nitrogens with zero attached hydrogens (tertiary/aromatic N) is 2. The van der Waals surface area contributed by atoms with Crippen LogP contribution >= 0.6 is 0 Å². The van der Waals surface area contributed by atoms with Crippen LogP contribution in [0.3, 0.4) is 0 Å². The normalized spacial score (nSPS) is 25.1. The second-order valence-electron chi connectivity index (χ2n) is 3.90. The van der Waals surface area contributed by atoms with Gasteiger partial charge in [0.25, 0.3) is 0 Å². The molecule has 2 unspecified atom stereocenters. The number of pyridine rings is 1. The molecular weight excluding hydrogens is 192 g/mol. The summed E-state index contributed by atoms with van der Waals surface area (Å²) in [6, 6.07) is 3.70. The molecule has 0 amide bonds. The Kier molecular flexibility index (Phi) is 3.30. The zero-order chi connectivity index (χ0) is 10.7. The first-order valence-corrected chi connectivity index (χ1v) is 5.15. The second kappa shape index (κ2) is 4.70. The largest absolute Gasteiger partial charge is 0.386 e. The molecule has 2 atom stereocenters. The summed E-state index contributed by atoms with van der Waals surface area (Å²) < 4.78 is 5.55. The summed E-state index contributed by atoms with van der Waals surface area (Å²) in [5.74, 6) is 0. The van der Waals surface area contributed by atoms with Crippen LogP contribution in [0.2, 0.25) is 0 Å². The number of aliphatic hydroxyl groups excluding tert-OH is 1. The number of morpholine rings is 1. The van der Waals surface area contributed by atoms with Gasteiger partial charge in [-0.15, -0.1) is 0 Å². The van der Waals surface area contributed by atoms with Crippen molar-refractivity contribution in [3.63, 3.8) is 0 Å². The summed E-state index contributed by atoms with van der Waals surface area (Å²) in [5.41, 5.74) is 0.817. The fraction of sp³-hybridized carbons (Fsp3) is 0.545. The first kappa shape index (κ1) is 10.5. The molecule has 1 aliphatic heterocycles. The van der Waals surface area contributed by atoms with Gasteiger partial charge in [-0.05, 0) is 13.1 Å². The number of ether oxygens (including phenoxy) is 1. The van der Waals surface area contributed by atoms with Gasteiger partial charge in [-0.3, -0.25) is 4.98 Å². The van der Waals surface area contributed by atoms with Crippen molar-refractivity contribution >= 4 is 0 Å². The third-order valence-corrected chi connectivity index (χ3v) is 2.67. The first-order chi connectivity index (χ1) is 7.27. The highest BCUT2D eigenvalue weighted by atomic mass is 16.5. The lowest BCUT2D eigenvalue weighted by molar-refractivity contribution is -0.0845. The van der Waals surface area contributed by atoms with Crippen molar-refractivity contribution in [2.24, 2.45) is 0 Å². The van der Waals surface area contributed by atoms with Crippen LogP contribution < -0.4 is 0 Å². The molecule has 1 aromatic heterocycles. The minimum Gasteiger partial charge on any atom is -0.386 e. The Morgan fingerprint density at radius 1 is 1.67 bits per heavy atom. The van der Waals surface area contributed by atoms with Crippen molar-refractivity contribution < 1.29 is 9.84 Å². The van der Waals surface area contributed by atoms with E-state index in [9.17, 15) is 5.11 Å². The monoisotopic (exact) mass is 208 g/mol. The van der Waals surface area contributed by atoms with E-state index in [0.29, 0.717) is 6.61 Å². The molecule has 1 saturated heterocycles. The van der Waals surface area contributed by atoms with Crippen LogP contribution in [0.15, 0.2) is 24.5 Å². The third kappa shape index (κ3) is 2.53. The van der Waals surface area contributed by atoms with E-state index < -0.39 is 6.10 Å². The summed E-state index contributed by atoms with van der Waals surface area (Å²) in [7, 11) is 2.03. The van der Waals surface area contributed by atoms with E-state index in [2.05, 4.69) is 9.88 Å². The van der Waals surface area contributed by atoms with Crippen LogP contribution in [0.25, 0.3) is 0 Å². The quantitative estimate of drug-likeness (QED) is 0.766. The smallest absolute Gasteiger partial charge is 0.108 e. The van der Waals surface area contributed by atoms with E-state index in [1.807, 2.05) is 19.2 Å². The Hall–Kier alpha value is -0.970. The van der Waals surface area contributed by atoms with E-state index in [1.54, 1.807) is 12.4 Å². The minimum absolute atomic E-state index is 0.145. The Labute approximate surface area is 89.5 Å². The molecular formula is C11H16N2O2. The van der Waals surface area contributed by atoms with Gasteiger partial charge >= 0.3 is 0 Å². The Morgan fingerprint density at radius 3 is 3.20 bits per heavy atom. The van der Waals surface area contributed by atoms with Gasteiger partial charge in [0, 0.05) is 31.0 Å². The van der Waals surface area contributed by atoms with Gasteiger partial charge in [-0.25, -0.2) is 0 Å². The van der Waals surface area contributed by atoms with Crippen molar-refractivity contribution in [2.45, 2.75) is 12.2 Å². The van der Waals surface area contributed by atoms with Gasteiger partial charge in [-0.1, -0.05) is 6.07 Å². The van der Waals surface area contributed by atoms with Gasteiger partial charge in [0.15, 0.2) is 0 Å². The van der Waals surface area contributed by atoms with Crippen molar-refractivity contribution in [1.29, 1.82) is 0 Å². The lowest BCUT2D eigenvalue weighted by Gasteiger charge is -2.32. The number of likely N-dealkylation sites (N-methyl/N-ethyl adjacent to an activating group) is 1. The highest BCUT2D eigenvalue weighted by molar-refractivity contribution is 5.13. The average molecular weight is 208 g/mol. The Bertz CT molecular complexity index is 305. The van der Waals surface area contributed by atoms with Gasteiger partial charge in [0.2, 0.25) is 0 Å². The number of hydrogen-bond acceptors (Lipinski definition) is 4. The first-order valence-electron chi connectivity index (χ1n) is 5.15. The van der Waals surface area contributed by atoms with Crippen molar-refractivity contribution in [3.05, 3.63) is 30.1 Å². The Balaban J connectivity index is 2.04. The molecule has 0 aromatic carbocycles. The number of aliphatic hydroxyl groups is 1. The van der Waals surface area contributed by atoms with E-state index in [0.717, 1.165) is 18.7 Å². The van der Waals surface area contributed by atoms with Crippen LogP contribution in [-0.2, 0) is 4.74 Å². The van der Waals surface area contributed by atoms with Gasteiger partial charge < -0.3 is 14.7 Å². The van der Waals surface area contributed by atoms with Crippen LogP contribution in [0.5, 0.6) is 0 Å². The molecule has 1 fully saturated rings. The maximum absolute atomic E-state index is 10.1. The molecule has 0 bridgehead atoms. The maximum Gasteiger partial charge on any atom is 0.108 e. The molecule has 2 heterocycles. The lowest BCUT2D eigenvalue weighted by Crippen LogP contribution is -2.42. The molecule has 15 heavy (non-hydrogen) atoms. The van der Waals surface area contributed by atoms with E-state index in [1.165, 1.54) is 0 Å². The van der Waals surface area contributed by atoms with Gasteiger partial charge in [0.1, 0.15) is 12.2 Å². The van der Waals surface area contributed by atoms with E-state index in [-0.39, 0.29) is 6.10 Å². The zero-order valence-electron chi connectivity index (χ0n) is 8.84. The average Bonchev–Trinajstić information content (AvgIpc) is 2.29. The number of aromatic nitrogens is 1. The zero-order valence-corrected chi connectivity index (χ0v) is 8.84. The maximum atomic E-state index is 10.1. The molecule has 1 aliphatic rings. The summed E-state index contributed by atoms with van der Waals surface area (Å²) in [6.07, 6.45) is 2.65. The molecule has 0 saturated carbocycles. The molecule has 82 valence electrons. The minimum atomic E-state index is -0.582. The molecule has 0 spiro atoms. The van der Waals surface area contributed by atoms with Gasteiger partial charge in [0.05, 0.1) is 6.61 Å². The Morgan fingerprint density at radius 2 is 2.53 bits per heavy atom. The van der Waals surface area contributed by atoms with E-state index in [4.69, 9.17) is 4.74 Å². The van der Waals surface area contributed by atoms with Crippen molar-refractivity contribution in [3.8, 4) is 0 Å². The molecule has 4 nitrogen and oxygen atoms in total. The molecule has 2 rings (SSSR count). The van der Waals surface area contributed by atoms with E-state index >= 15 is 0 Å². The molecule has 0 radical (unpaired) electrons. The van der Waals surface area contributed by atoms with Gasteiger partial charge in [-0.2, -0.15) is 0 Å². The molecule has 1 N–H and O–H groups in total. The van der Waals surface area contributed by atoms with Crippen molar-refractivity contribution in [2.75, 3.05) is 26.7 Å². The SMILES string of the molecule is CN1CCOC(C(O)c2cccnc2)C1. The second-order valence-corrected chi connectivity index (χ2v) is 3.90. The summed E-state index contributed by atoms with van der Waals surface area (Å²) >= 11 is 0. The summed E-state index contributed by atoms with van der Waals surface area (Å²) in [4.78, 5) is 6.15. The predicted molar refractivity (Wildman–Crippen MR) is 56.4 cm³/mol. The summed E-state index contributed by atoms with van der Waals surface area (Å²) in [6.45, 7) is 2.37. The molecule has 4 heteroatoms. The predicted octanol–water partition coefficient (Wildman–Crippen LogP) is 0.446. The highest BCUT2D eigenvalue weighted by Crippen LogP contribution is 2.20. The highest BCUT2D eigenvalue weighted by Gasteiger charge is 2.26. The third-order valence-electron chi connectivity index (χ3n) is 2.67. The van der Waals surface area contributed by atoms with Crippen molar-refractivity contribution in [1.82, 2.24) is 9.88 Å². The van der Waals surface area contributed by atoms with Crippen LogP contribution in [0.4, 0.5) is 0 Å². The lowest BCUT2D eigenvalue weighted by atomic mass is 10.1. The molecule has 0 aliphatic carbocycles. The fourth-order valence-electron chi connectivity index (χ4n) is 1.77. The summed E-state index contributed by atoms with van der Waals surface area (Å²) in [5, 5.41) is 10.1. The number of hydrogen-bond donors (Lipinski definition) is 1. The van der Waals surface area contributed by atoms with Crippen LogP contribution in [-0.4, -0.2) is 47.8 Å². The number of rotatable bonds is 2. The van der Waals surface area contributed by atoms with Crippen LogP contribution in [0.1, 0.15) is 11.7 Å². The standard InChI is InChI=1S/C11H16N2O2/c1-13-5-6-15-10(8-13)11(14)9-3-2-4-12-7-9/h2-4,7,10-11,14H,5-6,8H2,1H3. The fourth-order valence-corrected chi connectivity index (χ4v) is 1.77. The van der Waals surface area contributed by atoms with Crippen LogP contribution in [0, 0.1) is 0 Å².